The topological polar surface area (TPSA) is 125 Å². The lowest BCUT2D eigenvalue weighted by atomic mass is 10.1. The first-order valence-corrected chi connectivity index (χ1v) is 12.7. The average molecular weight is 486 g/mol. The third-order valence-electron chi connectivity index (χ3n) is 6.07. The zero-order valence-electron chi connectivity index (χ0n) is 19.3. The highest BCUT2D eigenvalue weighted by Gasteiger charge is 2.30. The van der Waals surface area contributed by atoms with Crippen molar-refractivity contribution in [3.63, 3.8) is 0 Å². The van der Waals surface area contributed by atoms with Crippen LogP contribution in [0.2, 0.25) is 0 Å². The molecule has 2 N–H and O–H groups in total. The highest BCUT2D eigenvalue weighted by atomic mass is 32.2. The summed E-state index contributed by atoms with van der Waals surface area (Å²) in [6, 6.07) is 5.35. The first-order chi connectivity index (χ1) is 16.3. The van der Waals surface area contributed by atoms with Gasteiger partial charge in [-0.2, -0.15) is 0 Å². The summed E-state index contributed by atoms with van der Waals surface area (Å²) in [5.74, 6) is 2.34. The summed E-state index contributed by atoms with van der Waals surface area (Å²) >= 11 is 0. The van der Waals surface area contributed by atoms with Crippen molar-refractivity contribution in [2.24, 2.45) is 4.40 Å². The van der Waals surface area contributed by atoms with Crippen LogP contribution in [0.1, 0.15) is 19.4 Å². The van der Waals surface area contributed by atoms with Gasteiger partial charge >= 0.3 is 0 Å². The molecule has 1 atom stereocenters. The summed E-state index contributed by atoms with van der Waals surface area (Å²) in [7, 11) is -3.63. The summed E-state index contributed by atoms with van der Waals surface area (Å²) in [6.45, 7) is 7.67. The minimum Gasteiger partial charge on any atom is -0.454 e. The molecule has 11 nitrogen and oxygen atoms in total. The highest BCUT2D eigenvalue weighted by Crippen LogP contribution is 2.34. The number of piperazine rings is 1. The third-order valence-corrected chi connectivity index (χ3v) is 7.25. The Labute approximate surface area is 197 Å². The molecule has 0 saturated carbocycles. The van der Waals surface area contributed by atoms with E-state index in [-0.39, 0.29) is 18.6 Å². The molecular formula is C22H27N7O4S. The van der Waals surface area contributed by atoms with E-state index in [1.54, 1.807) is 25.4 Å². The standard InChI is InChI=1S/C22H27N7O4S/c1-4-34(30,31)27-22(26-16-5-6-17-18(9-16)33-13-32-17)29-8-7-28(11-15(29)3)21-19-14(2)10-23-20(19)24-12-25-21/h5-6,9-10,12,15H,4,7-8,11,13H2,1-3H3,(H,26,27)(H,23,24,25)/t15-/m0/s1. The lowest BCUT2D eigenvalue weighted by Gasteiger charge is -2.42. The molecule has 0 radical (unpaired) electrons. The SMILES string of the molecule is CCS(=O)(=O)N=C(Nc1ccc2c(c1)OCO2)N1CCN(c2ncnc3[nH]cc(C)c23)C[C@@H]1C. The minimum atomic E-state index is -3.63. The number of anilines is 2. The molecule has 1 fully saturated rings. The summed E-state index contributed by atoms with van der Waals surface area (Å²) in [4.78, 5) is 16.2. The molecule has 0 aliphatic carbocycles. The molecular weight excluding hydrogens is 458 g/mol. The number of hydrogen-bond acceptors (Lipinski definition) is 7. The zero-order valence-corrected chi connectivity index (χ0v) is 20.1. The molecule has 5 rings (SSSR count). The Bertz CT molecular complexity index is 1350. The second-order valence-electron chi connectivity index (χ2n) is 8.36. The first-order valence-electron chi connectivity index (χ1n) is 11.1. The minimum absolute atomic E-state index is 0.0367. The van der Waals surface area contributed by atoms with Gasteiger partial charge in [-0.25, -0.2) is 18.4 Å². The molecule has 2 aromatic heterocycles. The van der Waals surface area contributed by atoms with Gasteiger partial charge in [0.2, 0.25) is 12.8 Å². The second-order valence-corrected chi connectivity index (χ2v) is 10.3. The number of nitrogens with one attached hydrogen (secondary N) is 2. The number of fused-ring (bicyclic) bond motifs is 2. The van der Waals surface area contributed by atoms with Crippen molar-refractivity contribution in [3.8, 4) is 11.5 Å². The fourth-order valence-electron chi connectivity index (χ4n) is 4.25. The quantitative estimate of drug-likeness (QED) is 0.423. The number of benzene rings is 1. The maximum Gasteiger partial charge on any atom is 0.256 e. The number of nitrogens with zero attached hydrogens (tertiary/aromatic N) is 5. The molecule has 3 aromatic rings. The molecule has 0 unspecified atom stereocenters. The Morgan fingerprint density at radius 2 is 2.09 bits per heavy atom. The molecule has 2 aliphatic rings. The van der Waals surface area contributed by atoms with E-state index in [9.17, 15) is 8.42 Å². The molecule has 4 heterocycles. The van der Waals surface area contributed by atoms with Crippen LogP contribution in [0, 0.1) is 6.92 Å². The molecule has 2 aliphatic heterocycles. The second kappa shape index (κ2) is 8.67. The van der Waals surface area contributed by atoms with Crippen molar-refractivity contribution in [1.82, 2.24) is 19.9 Å². The Morgan fingerprint density at radius 1 is 1.26 bits per heavy atom. The Hall–Kier alpha value is -3.54. The van der Waals surface area contributed by atoms with E-state index >= 15 is 0 Å². The number of hydrogen-bond donors (Lipinski definition) is 2. The fourth-order valence-corrected chi connectivity index (χ4v) is 4.79. The predicted octanol–water partition coefficient (Wildman–Crippen LogP) is 2.32. The normalized spacial score (nSPS) is 18.6. The predicted molar refractivity (Wildman–Crippen MR) is 130 cm³/mol. The molecule has 0 bridgehead atoms. The average Bonchev–Trinajstić information content (AvgIpc) is 3.45. The van der Waals surface area contributed by atoms with Gasteiger partial charge in [0.25, 0.3) is 10.0 Å². The number of aromatic nitrogens is 3. The molecule has 180 valence electrons. The number of aryl methyl sites for hydroxylation is 1. The summed E-state index contributed by atoms with van der Waals surface area (Å²) in [5, 5.41) is 4.20. The van der Waals surface area contributed by atoms with Gasteiger partial charge in [-0.05, 0) is 38.5 Å². The lowest BCUT2D eigenvalue weighted by molar-refractivity contribution is 0.174. The van der Waals surface area contributed by atoms with Crippen LogP contribution in [0.25, 0.3) is 11.0 Å². The van der Waals surface area contributed by atoms with Crippen LogP contribution in [0.5, 0.6) is 11.5 Å². The van der Waals surface area contributed by atoms with Gasteiger partial charge in [0.05, 0.1) is 11.1 Å². The monoisotopic (exact) mass is 485 g/mol. The van der Waals surface area contributed by atoms with E-state index < -0.39 is 10.0 Å². The van der Waals surface area contributed by atoms with Crippen molar-refractivity contribution in [2.75, 3.05) is 42.4 Å². The van der Waals surface area contributed by atoms with Crippen LogP contribution < -0.4 is 19.7 Å². The zero-order chi connectivity index (χ0) is 23.9. The van der Waals surface area contributed by atoms with Crippen LogP contribution >= 0.6 is 0 Å². The van der Waals surface area contributed by atoms with Crippen molar-refractivity contribution in [2.45, 2.75) is 26.8 Å². The molecule has 12 heteroatoms. The van der Waals surface area contributed by atoms with Crippen molar-refractivity contribution in [3.05, 3.63) is 36.3 Å². The molecule has 1 aromatic carbocycles. The van der Waals surface area contributed by atoms with Gasteiger partial charge in [0, 0.05) is 43.6 Å². The van der Waals surface area contributed by atoms with E-state index in [1.807, 2.05) is 31.0 Å². The van der Waals surface area contributed by atoms with Gasteiger partial charge in [-0.3, -0.25) is 0 Å². The van der Waals surface area contributed by atoms with E-state index in [0.29, 0.717) is 42.8 Å². The van der Waals surface area contributed by atoms with Crippen molar-refractivity contribution in [1.29, 1.82) is 0 Å². The summed E-state index contributed by atoms with van der Waals surface area (Å²) < 4.78 is 39.8. The summed E-state index contributed by atoms with van der Waals surface area (Å²) in [6.07, 6.45) is 3.49. The van der Waals surface area contributed by atoms with Crippen LogP contribution in [0.15, 0.2) is 35.1 Å². The van der Waals surface area contributed by atoms with Gasteiger partial charge in [0.1, 0.15) is 17.8 Å². The molecule has 34 heavy (non-hydrogen) atoms. The van der Waals surface area contributed by atoms with E-state index in [0.717, 1.165) is 22.4 Å². The van der Waals surface area contributed by atoms with Gasteiger partial charge in [0.15, 0.2) is 11.5 Å². The fraction of sp³-hybridized carbons (Fsp3) is 0.409. The van der Waals surface area contributed by atoms with Crippen molar-refractivity contribution < 1.29 is 17.9 Å². The van der Waals surface area contributed by atoms with Crippen LogP contribution in [0.4, 0.5) is 11.5 Å². The van der Waals surface area contributed by atoms with Gasteiger partial charge in [-0.15, -0.1) is 4.40 Å². The smallest absolute Gasteiger partial charge is 0.256 e. The van der Waals surface area contributed by atoms with Gasteiger partial charge in [-0.1, -0.05) is 0 Å². The van der Waals surface area contributed by atoms with E-state index in [2.05, 4.69) is 29.6 Å². The number of ether oxygens (including phenoxy) is 2. The summed E-state index contributed by atoms with van der Waals surface area (Å²) in [5.41, 5.74) is 2.56. The molecule has 1 saturated heterocycles. The maximum atomic E-state index is 12.4. The van der Waals surface area contributed by atoms with Crippen LogP contribution in [-0.2, 0) is 10.0 Å². The molecule has 0 spiro atoms. The number of sulfonamides is 1. The van der Waals surface area contributed by atoms with E-state index in [1.165, 1.54) is 0 Å². The Kier molecular flexibility index (Phi) is 5.68. The highest BCUT2D eigenvalue weighted by molar-refractivity contribution is 7.90. The number of rotatable bonds is 4. The molecule has 0 amide bonds. The number of aromatic amines is 1. The largest absolute Gasteiger partial charge is 0.454 e. The Morgan fingerprint density at radius 3 is 2.88 bits per heavy atom. The Balaban J connectivity index is 1.42. The van der Waals surface area contributed by atoms with Crippen LogP contribution in [0.3, 0.4) is 0 Å². The number of H-pyrrole nitrogens is 1. The lowest BCUT2D eigenvalue weighted by Crippen LogP contribution is -2.56. The number of guanidine groups is 1. The van der Waals surface area contributed by atoms with Crippen LogP contribution in [-0.4, -0.2) is 72.5 Å². The van der Waals surface area contributed by atoms with E-state index in [4.69, 9.17) is 9.47 Å². The first kappa shape index (κ1) is 22.3. The maximum absolute atomic E-state index is 12.4. The van der Waals surface area contributed by atoms with Gasteiger partial charge < -0.3 is 29.6 Å². The third kappa shape index (κ3) is 4.20. The van der Waals surface area contributed by atoms with Crippen molar-refractivity contribution >= 4 is 38.5 Å².